The fourth-order valence-electron chi connectivity index (χ4n) is 4.20. The van der Waals surface area contributed by atoms with Gasteiger partial charge in [-0.25, -0.2) is 0 Å². The van der Waals surface area contributed by atoms with E-state index >= 15 is 0 Å². The Balaban J connectivity index is 1.88. The summed E-state index contributed by atoms with van der Waals surface area (Å²) < 4.78 is 39.6. The van der Waals surface area contributed by atoms with Crippen LogP contribution in [0.1, 0.15) is 33.0 Å². The third kappa shape index (κ3) is 4.20. The van der Waals surface area contributed by atoms with Gasteiger partial charge >= 0.3 is 189 Å². The minimum absolute atomic E-state index is 0.0157. The first-order valence-corrected chi connectivity index (χ1v) is 11.6. The molecule has 0 unspecified atom stereocenters. The molecule has 0 radical (unpaired) electrons. The zero-order valence-corrected chi connectivity index (χ0v) is 18.4. The van der Waals surface area contributed by atoms with Gasteiger partial charge in [-0.1, -0.05) is 0 Å². The number of ketones is 1. The predicted octanol–water partition coefficient (Wildman–Crippen LogP) is 4.69. The van der Waals surface area contributed by atoms with E-state index in [0.717, 1.165) is 16.6 Å². The maximum atomic E-state index is 13.8. The number of alkyl halides is 3. The summed E-state index contributed by atoms with van der Waals surface area (Å²) in [5.74, 6) is -1.22. The van der Waals surface area contributed by atoms with E-state index in [1.807, 2.05) is 30.3 Å². The number of Topliss-reactive ketones (excluding diaryl/α,β-unsaturated/α-hetero) is 1. The molecule has 0 spiro atoms. The quantitative estimate of drug-likeness (QED) is 0.278. The molecule has 0 saturated heterocycles. The maximum absolute atomic E-state index is 13.8. The molecular weight excluding hydrogens is 486 g/mol. The first kappa shape index (κ1) is 22.2. The number of nitro groups is 1. The van der Waals surface area contributed by atoms with Gasteiger partial charge in [-0.05, 0) is 0 Å². The predicted molar refractivity (Wildman–Crippen MR) is 115 cm³/mol. The molecule has 32 heavy (non-hydrogen) atoms. The van der Waals surface area contributed by atoms with Gasteiger partial charge in [-0.3, -0.25) is 0 Å². The van der Waals surface area contributed by atoms with Gasteiger partial charge in [0.05, 0.1) is 0 Å². The molecule has 0 amide bonds. The van der Waals surface area contributed by atoms with Crippen LogP contribution in [0.5, 0.6) is 0 Å². The molecule has 164 valence electrons. The molecule has 0 heterocycles. The SMILES string of the molecule is O=C1c2cc(C(F)(F)F)ccc2C[C@]1([Se]c1ccccc1)[C@@H](C[N+](=O)[O-])c1ccccc1. The second kappa shape index (κ2) is 8.52. The number of fused-ring (bicyclic) bond motifs is 1. The van der Waals surface area contributed by atoms with Crippen LogP contribution in [-0.2, 0) is 12.6 Å². The zero-order chi connectivity index (χ0) is 22.9. The van der Waals surface area contributed by atoms with Crippen molar-refractivity contribution in [2.75, 3.05) is 6.54 Å². The molecule has 0 fully saturated rings. The van der Waals surface area contributed by atoms with Crippen molar-refractivity contribution < 1.29 is 22.9 Å². The van der Waals surface area contributed by atoms with E-state index in [1.165, 1.54) is 6.07 Å². The molecule has 8 heteroatoms. The van der Waals surface area contributed by atoms with Gasteiger partial charge in [-0.2, -0.15) is 0 Å². The molecule has 4 rings (SSSR count). The first-order valence-electron chi connectivity index (χ1n) is 9.86. The molecule has 4 nitrogen and oxygen atoms in total. The van der Waals surface area contributed by atoms with Crippen molar-refractivity contribution in [3.8, 4) is 0 Å². The average Bonchev–Trinajstić information content (AvgIpc) is 3.04. The molecule has 1 aliphatic carbocycles. The van der Waals surface area contributed by atoms with Crippen molar-refractivity contribution in [2.24, 2.45) is 0 Å². The van der Waals surface area contributed by atoms with Crippen LogP contribution in [-0.4, -0.2) is 32.2 Å². The Morgan fingerprint density at radius 2 is 1.62 bits per heavy atom. The van der Waals surface area contributed by atoms with Crippen LogP contribution in [0.2, 0.25) is 4.31 Å². The monoisotopic (exact) mass is 505 g/mol. The van der Waals surface area contributed by atoms with Gasteiger partial charge in [0, 0.05) is 0 Å². The van der Waals surface area contributed by atoms with E-state index in [1.54, 1.807) is 30.3 Å². The van der Waals surface area contributed by atoms with Crippen molar-refractivity contribution in [3.05, 3.63) is 111 Å². The van der Waals surface area contributed by atoms with Crippen LogP contribution in [0.3, 0.4) is 0 Å². The van der Waals surface area contributed by atoms with Crippen molar-refractivity contribution in [1.29, 1.82) is 0 Å². The molecule has 3 aromatic carbocycles. The van der Waals surface area contributed by atoms with Crippen molar-refractivity contribution in [2.45, 2.75) is 22.8 Å². The van der Waals surface area contributed by atoms with Gasteiger partial charge in [0.2, 0.25) is 0 Å². The minimum atomic E-state index is -4.58. The van der Waals surface area contributed by atoms with E-state index < -0.39 is 54.2 Å². The molecule has 0 aromatic heterocycles. The third-order valence-corrected chi connectivity index (χ3v) is 8.78. The van der Waals surface area contributed by atoms with E-state index in [0.29, 0.717) is 11.1 Å². The van der Waals surface area contributed by atoms with Gasteiger partial charge in [0.25, 0.3) is 0 Å². The first-order chi connectivity index (χ1) is 15.2. The van der Waals surface area contributed by atoms with Crippen molar-refractivity contribution in [3.63, 3.8) is 0 Å². The van der Waals surface area contributed by atoms with Crippen molar-refractivity contribution in [1.82, 2.24) is 0 Å². The molecular formula is C24H18F3NO3Se. The molecule has 3 aromatic rings. The van der Waals surface area contributed by atoms with Crippen LogP contribution >= 0.6 is 0 Å². The second-order valence-electron chi connectivity index (χ2n) is 7.66. The molecule has 0 aliphatic heterocycles. The molecule has 0 saturated carbocycles. The van der Waals surface area contributed by atoms with Gasteiger partial charge in [0.1, 0.15) is 0 Å². The fraction of sp³-hybridized carbons (Fsp3) is 0.208. The number of benzene rings is 3. The third-order valence-electron chi connectivity index (χ3n) is 5.66. The molecule has 2 atom stereocenters. The Bertz CT molecular complexity index is 1150. The molecule has 0 N–H and O–H groups in total. The number of carbonyl (C=O) groups excluding carboxylic acids is 1. The Morgan fingerprint density at radius 3 is 2.22 bits per heavy atom. The summed E-state index contributed by atoms with van der Waals surface area (Å²) in [6.07, 6.45) is -4.41. The number of hydrogen-bond acceptors (Lipinski definition) is 3. The number of nitrogens with zero attached hydrogens (tertiary/aromatic N) is 1. The topological polar surface area (TPSA) is 60.2 Å². The summed E-state index contributed by atoms with van der Waals surface area (Å²) in [5, 5.41) is 11.7. The Labute approximate surface area is 188 Å². The van der Waals surface area contributed by atoms with Crippen LogP contribution in [0.4, 0.5) is 13.2 Å². The number of hydrogen-bond donors (Lipinski definition) is 0. The second-order valence-corrected chi connectivity index (χ2v) is 10.6. The summed E-state index contributed by atoms with van der Waals surface area (Å²) in [4.78, 5) is 25.0. The van der Waals surface area contributed by atoms with E-state index in [4.69, 9.17) is 0 Å². The molecule has 0 bridgehead atoms. The number of carbonyl (C=O) groups is 1. The van der Waals surface area contributed by atoms with Crippen molar-refractivity contribution >= 4 is 25.2 Å². The Hall–Kier alpha value is -2.96. The summed E-state index contributed by atoms with van der Waals surface area (Å²) in [6, 6.07) is 21.2. The summed E-state index contributed by atoms with van der Waals surface area (Å²) in [5.41, 5.74) is 0.268. The van der Waals surface area contributed by atoms with E-state index in [-0.39, 0.29) is 12.0 Å². The van der Waals surface area contributed by atoms with E-state index in [9.17, 15) is 28.1 Å². The van der Waals surface area contributed by atoms with Crippen LogP contribution < -0.4 is 4.46 Å². The number of rotatable bonds is 6. The van der Waals surface area contributed by atoms with E-state index in [2.05, 4.69) is 0 Å². The zero-order valence-electron chi connectivity index (χ0n) is 16.7. The van der Waals surface area contributed by atoms with Gasteiger partial charge < -0.3 is 0 Å². The fourth-order valence-corrected chi connectivity index (χ4v) is 7.34. The summed E-state index contributed by atoms with van der Waals surface area (Å²) in [6.45, 7) is -0.482. The van der Waals surface area contributed by atoms with Crippen LogP contribution in [0.25, 0.3) is 0 Å². The average molecular weight is 504 g/mol. The summed E-state index contributed by atoms with van der Waals surface area (Å²) >= 11 is -0.556. The molecule has 1 aliphatic rings. The van der Waals surface area contributed by atoms with Crippen LogP contribution in [0, 0.1) is 10.1 Å². The Kier molecular flexibility index (Phi) is 5.92. The van der Waals surface area contributed by atoms with Gasteiger partial charge in [0.15, 0.2) is 0 Å². The number of halogens is 3. The normalized spacial score (nSPS) is 18.9. The standard InChI is InChI=1S/C24H18F3NO3Se/c25-24(26,27)18-12-11-17-14-23(22(29)20(17)13-18,32-19-9-5-2-6-10-19)21(15-28(30)31)16-7-3-1-4-8-16/h1-13,21H,14-15H2/t21-,23-/m0/s1. The van der Waals surface area contributed by atoms with Gasteiger partial charge in [-0.15, -0.1) is 0 Å². The van der Waals surface area contributed by atoms with Crippen LogP contribution in [0.15, 0.2) is 78.9 Å². The summed E-state index contributed by atoms with van der Waals surface area (Å²) in [7, 11) is 0. The Morgan fingerprint density at radius 1 is 1.00 bits per heavy atom.